The number of nitrogens with one attached hydrogen (secondary N) is 1. The van der Waals surface area contributed by atoms with E-state index in [0.717, 1.165) is 62.1 Å². The molecule has 1 aromatic heterocycles. The summed E-state index contributed by atoms with van der Waals surface area (Å²) in [4.78, 5) is 7.59. The highest BCUT2D eigenvalue weighted by Gasteiger charge is 2.14. The van der Waals surface area contributed by atoms with Gasteiger partial charge in [-0.2, -0.15) is 0 Å². The highest BCUT2D eigenvalue weighted by atomic mass is 32.1. The molecule has 0 saturated carbocycles. The number of aromatic nitrogens is 1. The molecule has 6 heteroatoms. The van der Waals surface area contributed by atoms with Crippen LogP contribution in [0.25, 0.3) is 11.3 Å². The first kappa shape index (κ1) is 19.9. The van der Waals surface area contributed by atoms with Gasteiger partial charge in [0.1, 0.15) is 24.5 Å². The van der Waals surface area contributed by atoms with Crippen LogP contribution in [-0.2, 0) is 11.3 Å². The standard InChI is InChI=1S/C23H27N3O2S/c1-27-22-11-6-5-10-20(22)24-23-26(13-7-12-25-14-16-28-17-15-25)21(18-29-23)19-8-3-2-4-9-19/h2-6,8-11,18H,7,12-17H2,1H3/p+1. The van der Waals surface area contributed by atoms with E-state index in [4.69, 9.17) is 14.5 Å². The Kier molecular flexibility index (Phi) is 6.77. The van der Waals surface area contributed by atoms with Crippen molar-refractivity contribution < 1.29 is 14.4 Å². The minimum atomic E-state index is 0.798. The number of para-hydroxylation sites is 2. The van der Waals surface area contributed by atoms with E-state index in [2.05, 4.69) is 40.3 Å². The molecule has 1 aliphatic rings. The first-order chi connectivity index (χ1) is 14.3. The average Bonchev–Trinajstić information content (AvgIpc) is 3.18. The van der Waals surface area contributed by atoms with Gasteiger partial charge in [0.05, 0.1) is 32.6 Å². The van der Waals surface area contributed by atoms with Crippen molar-refractivity contribution in [2.75, 3.05) is 40.0 Å². The summed E-state index contributed by atoms with van der Waals surface area (Å²) in [5.41, 5.74) is 3.31. The largest absolute Gasteiger partial charge is 0.494 e. The van der Waals surface area contributed by atoms with Crippen LogP contribution in [0.15, 0.2) is 65.0 Å². The van der Waals surface area contributed by atoms with E-state index in [0.29, 0.717) is 0 Å². The van der Waals surface area contributed by atoms with Gasteiger partial charge in [-0.05, 0) is 17.7 Å². The average molecular weight is 411 g/mol. The fourth-order valence-electron chi connectivity index (χ4n) is 3.70. The molecule has 4 rings (SSSR count). The SMILES string of the molecule is COc1ccccc1N=c1scc(-c2ccccc2)n1CCC[NH+]1CCOCC1. The first-order valence-electron chi connectivity index (χ1n) is 10.2. The lowest BCUT2D eigenvalue weighted by atomic mass is 10.2. The topological polar surface area (TPSA) is 40.2 Å². The molecule has 0 amide bonds. The zero-order valence-corrected chi connectivity index (χ0v) is 17.7. The van der Waals surface area contributed by atoms with E-state index in [1.54, 1.807) is 23.3 Å². The smallest absolute Gasteiger partial charge is 0.190 e. The summed E-state index contributed by atoms with van der Waals surface area (Å²) in [7, 11) is 1.69. The zero-order chi connectivity index (χ0) is 19.9. The van der Waals surface area contributed by atoms with E-state index in [1.807, 2.05) is 24.3 Å². The fourth-order valence-corrected chi connectivity index (χ4v) is 4.65. The van der Waals surface area contributed by atoms with Gasteiger partial charge in [0.15, 0.2) is 4.80 Å². The van der Waals surface area contributed by atoms with Gasteiger partial charge in [-0.1, -0.05) is 42.5 Å². The van der Waals surface area contributed by atoms with E-state index < -0.39 is 0 Å². The predicted molar refractivity (Wildman–Crippen MR) is 117 cm³/mol. The van der Waals surface area contributed by atoms with E-state index >= 15 is 0 Å². The highest BCUT2D eigenvalue weighted by Crippen LogP contribution is 2.26. The predicted octanol–water partition coefficient (Wildman–Crippen LogP) is 2.76. The molecule has 152 valence electrons. The fraction of sp³-hybridized carbons (Fsp3) is 0.348. The van der Waals surface area contributed by atoms with Gasteiger partial charge in [0, 0.05) is 18.3 Å². The van der Waals surface area contributed by atoms with Crippen molar-refractivity contribution in [2.45, 2.75) is 13.0 Å². The molecular weight excluding hydrogens is 382 g/mol. The number of hydrogen-bond acceptors (Lipinski definition) is 4. The number of ether oxygens (including phenoxy) is 2. The Hall–Kier alpha value is -2.41. The summed E-state index contributed by atoms with van der Waals surface area (Å²) in [6.07, 6.45) is 1.12. The molecule has 2 aromatic carbocycles. The second-order valence-corrected chi connectivity index (χ2v) is 8.01. The van der Waals surface area contributed by atoms with Gasteiger partial charge in [0.2, 0.25) is 0 Å². The molecule has 1 saturated heterocycles. The van der Waals surface area contributed by atoms with Crippen molar-refractivity contribution in [2.24, 2.45) is 4.99 Å². The van der Waals surface area contributed by atoms with E-state index in [1.165, 1.54) is 11.3 Å². The molecule has 0 aliphatic carbocycles. The van der Waals surface area contributed by atoms with Crippen LogP contribution in [0.1, 0.15) is 6.42 Å². The first-order valence-corrected chi connectivity index (χ1v) is 11.1. The summed E-state index contributed by atoms with van der Waals surface area (Å²) in [6, 6.07) is 18.5. The molecule has 1 N–H and O–H groups in total. The molecule has 0 radical (unpaired) electrons. The molecule has 0 bridgehead atoms. The Labute approximate surface area is 175 Å². The molecule has 1 fully saturated rings. The number of benzene rings is 2. The summed E-state index contributed by atoms with van der Waals surface area (Å²) >= 11 is 1.68. The Morgan fingerprint density at radius 2 is 1.83 bits per heavy atom. The molecule has 3 aromatic rings. The molecule has 5 nitrogen and oxygen atoms in total. The Balaban J connectivity index is 1.64. The Morgan fingerprint density at radius 1 is 1.07 bits per heavy atom. The maximum atomic E-state index is 5.50. The lowest BCUT2D eigenvalue weighted by Crippen LogP contribution is -3.14. The summed E-state index contributed by atoms with van der Waals surface area (Å²) in [6.45, 7) is 6.09. The third-order valence-corrected chi connectivity index (χ3v) is 6.14. The van der Waals surface area contributed by atoms with E-state index in [-0.39, 0.29) is 0 Å². The van der Waals surface area contributed by atoms with Crippen LogP contribution in [0.3, 0.4) is 0 Å². The minimum absolute atomic E-state index is 0.798. The Bertz CT molecular complexity index is 975. The second-order valence-electron chi connectivity index (χ2n) is 7.17. The second kappa shape index (κ2) is 9.87. The van der Waals surface area contributed by atoms with Crippen molar-refractivity contribution in [1.82, 2.24) is 4.57 Å². The van der Waals surface area contributed by atoms with Crippen LogP contribution in [0, 0.1) is 0 Å². The lowest BCUT2D eigenvalue weighted by molar-refractivity contribution is -0.908. The van der Waals surface area contributed by atoms with Crippen molar-refractivity contribution in [3.8, 4) is 17.0 Å². The van der Waals surface area contributed by atoms with Crippen molar-refractivity contribution in [3.05, 3.63) is 64.8 Å². The number of quaternary nitrogens is 1. The molecule has 0 spiro atoms. The molecule has 29 heavy (non-hydrogen) atoms. The van der Waals surface area contributed by atoms with Gasteiger partial charge in [-0.15, -0.1) is 11.3 Å². The molecule has 0 atom stereocenters. The highest BCUT2D eigenvalue weighted by molar-refractivity contribution is 7.07. The molecule has 1 aliphatic heterocycles. The van der Waals surface area contributed by atoms with Gasteiger partial charge >= 0.3 is 0 Å². The zero-order valence-electron chi connectivity index (χ0n) is 16.8. The van der Waals surface area contributed by atoms with Crippen molar-refractivity contribution >= 4 is 17.0 Å². The summed E-state index contributed by atoms with van der Waals surface area (Å²) in [5, 5.41) is 2.21. The third-order valence-electron chi connectivity index (χ3n) is 5.28. The maximum Gasteiger partial charge on any atom is 0.190 e. The number of rotatable bonds is 7. The number of hydrogen-bond donors (Lipinski definition) is 1. The molecule has 2 heterocycles. The third kappa shape index (κ3) is 4.96. The monoisotopic (exact) mass is 410 g/mol. The normalized spacial score (nSPS) is 15.6. The summed E-state index contributed by atoms with van der Waals surface area (Å²) < 4.78 is 13.3. The van der Waals surface area contributed by atoms with Crippen LogP contribution < -0.4 is 14.4 Å². The van der Waals surface area contributed by atoms with Crippen LogP contribution in [0.4, 0.5) is 5.69 Å². The van der Waals surface area contributed by atoms with Crippen LogP contribution >= 0.6 is 11.3 Å². The van der Waals surface area contributed by atoms with Gasteiger partial charge in [0.25, 0.3) is 0 Å². The number of morpholine rings is 1. The number of thiazole rings is 1. The number of methoxy groups -OCH3 is 1. The lowest BCUT2D eigenvalue weighted by Gasteiger charge is -2.23. The maximum absolute atomic E-state index is 5.50. The van der Waals surface area contributed by atoms with Crippen molar-refractivity contribution in [1.29, 1.82) is 0 Å². The van der Waals surface area contributed by atoms with Gasteiger partial charge < -0.3 is 18.9 Å². The van der Waals surface area contributed by atoms with Crippen LogP contribution in [-0.4, -0.2) is 44.5 Å². The molecular formula is C23H28N3O2S+. The Morgan fingerprint density at radius 3 is 2.62 bits per heavy atom. The van der Waals surface area contributed by atoms with Crippen LogP contribution in [0.5, 0.6) is 5.75 Å². The van der Waals surface area contributed by atoms with Crippen LogP contribution in [0.2, 0.25) is 0 Å². The number of nitrogens with zero attached hydrogens (tertiary/aromatic N) is 2. The molecule has 0 unspecified atom stereocenters. The van der Waals surface area contributed by atoms with Crippen molar-refractivity contribution in [3.63, 3.8) is 0 Å². The van der Waals surface area contributed by atoms with Gasteiger partial charge in [-0.25, -0.2) is 4.99 Å². The quantitative estimate of drug-likeness (QED) is 0.651. The minimum Gasteiger partial charge on any atom is -0.494 e. The summed E-state index contributed by atoms with van der Waals surface area (Å²) in [5.74, 6) is 0.798. The van der Waals surface area contributed by atoms with Gasteiger partial charge in [-0.3, -0.25) is 0 Å². The van der Waals surface area contributed by atoms with E-state index in [9.17, 15) is 0 Å².